The summed E-state index contributed by atoms with van der Waals surface area (Å²) in [6, 6.07) is 0. The van der Waals surface area contributed by atoms with Crippen molar-refractivity contribution in [3.63, 3.8) is 0 Å². The van der Waals surface area contributed by atoms with Crippen LogP contribution in [0.15, 0.2) is 0 Å². The molecule has 0 aliphatic carbocycles. The molecule has 0 amide bonds. The predicted molar refractivity (Wildman–Crippen MR) is 80.0 cm³/mol. The van der Waals surface area contributed by atoms with E-state index in [0.717, 1.165) is 56.6 Å². The number of aryl methyl sites for hydroxylation is 1. The molecule has 1 aliphatic rings. The first-order valence-electron chi connectivity index (χ1n) is 7.14. The van der Waals surface area contributed by atoms with E-state index in [1.165, 1.54) is 5.56 Å². The van der Waals surface area contributed by atoms with E-state index in [-0.39, 0.29) is 0 Å². The van der Waals surface area contributed by atoms with Crippen LogP contribution in [0, 0.1) is 13.8 Å². The van der Waals surface area contributed by atoms with Crippen LogP contribution < -0.4 is 10.2 Å². The van der Waals surface area contributed by atoms with Gasteiger partial charge in [0, 0.05) is 38.3 Å². The summed E-state index contributed by atoms with van der Waals surface area (Å²) in [4.78, 5) is 13.9. The van der Waals surface area contributed by atoms with Crippen LogP contribution in [0.3, 0.4) is 0 Å². The standard InChI is InChI=1S/C14H25N5/c1-5-6-15-13-11(2)14(17-12(3)16-13)19-9-7-18(4)8-10-19/h5-10H2,1-4H3,(H,15,16,17). The fourth-order valence-corrected chi connectivity index (χ4v) is 2.36. The second-order valence-corrected chi connectivity index (χ2v) is 5.29. The summed E-state index contributed by atoms with van der Waals surface area (Å²) in [5.74, 6) is 2.93. The fraction of sp³-hybridized carbons (Fsp3) is 0.714. The maximum atomic E-state index is 4.65. The van der Waals surface area contributed by atoms with E-state index < -0.39 is 0 Å². The number of piperazine rings is 1. The smallest absolute Gasteiger partial charge is 0.137 e. The van der Waals surface area contributed by atoms with Gasteiger partial charge in [0.1, 0.15) is 17.5 Å². The number of anilines is 2. The van der Waals surface area contributed by atoms with Crippen molar-refractivity contribution in [2.45, 2.75) is 27.2 Å². The zero-order valence-electron chi connectivity index (χ0n) is 12.5. The number of nitrogens with zero attached hydrogens (tertiary/aromatic N) is 4. The van der Waals surface area contributed by atoms with Crippen LogP contribution in [0.5, 0.6) is 0 Å². The van der Waals surface area contributed by atoms with Crippen LogP contribution in [0.1, 0.15) is 24.7 Å². The maximum absolute atomic E-state index is 4.65. The summed E-state index contributed by atoms with van der Waals surface area (Å²) >= 11 is 0. The molecule has 0 unspecified atom stereocenters. The molecule has 19 heavy (non-hydrogen) atoms. The van der Waals surface area contributed by atoms with Gasteiger partial charge in [-0.25, -0.2) is 9.97 Å². The molecule has 1 N–H and O–H groups in total. The maximum Gasteiger partial charge on any atom is 0.137 e. The Balaban J connectivity index is 2.21. The van der Waals surface area contributed by atoms with Gasteiger partial charge in [-0.15, -0.1) is 0 Å². The molecular weight excluding hydrogens is 238 g/mol. The number of hydrogen-bond donors (Lipinski definition) is 1. The monoisotopic (exact) mass is 263 g/mol. The topological polar surface area (TPSA) is 44.3 Å². The normalized spacial score (nSPS) is 16.7. The molecule has 2 rings (SSSR count). The zero-order chi connectivity index (χ0) is 13.8. The number of likely N-dealkylation sites (N-methyl/N-ethyl adjacent to an activating group) is 1. The molecule has 0 bridgehead atoms. The van der Waals surface area contributed by atoms with E-state index >= 15 is 0 Å². The number of rotatable bonds is 4. The molecule has 1 aromatic heterocycles. The van der Waals surface area contributed by atoms with Crippen molar-refractivity contribution in [1.29, 1.82) is 0 Å². The minimum atomic E-state index is 0.845. The van der Waals surface area contributed by atoms with Crippen molar-refractivity contribution in [2.75, 3.05) is 50.0 Å². The Morgan fingerprint density at radius 2 is 1.79 bits per heavy atom. The van der Waals surface area contributed by atoms with E-state index in [1.54, 1.807) is 0 Å². The Kier molecular flexibility index (Phi) is 4.58. The van der Waals surface area contributed by atoms with E-state index in [0.29, 0.717) is 0 Å². The summed E-state index contributed by atoms with van der Waals surface area (Å²) in [6.45, 7) is 11.5. The quantitative estimate of drug-likeness (QED) is 0.895. The molecule has 1 aromatic rings. The summed E-state index contributed by atoms with van der Waals surface area (Å²) in [6.07, 6.45) is 1.10. The third-order valence-electron chi connectivity index (χ3n) is 3.58. The molecule has 0 saturated carbocycles. The molecule has 0 spiro atoms. The van der Waals surface area contributed by atoms with Crippen molar-refractivity contribution in [1.82, 2.24) is 14.9 Å². The van der Waals surface area contributed by atoms with E-state index in [9.17, 15) is 0 Å². The first kappa shape index (κ1) is 14.1. The van der Waals surface area contributed by atoms with E-state index in [4.69, 9.17) is 0 Å². The van der Waals surface area contributed by atoms with Crippen LogP contribution in [0.4, 0.5) is 11.6 Å². The van der Waals surface area contributed by atoms with Crippen LogP contribution in [-0.2, 0) is 0 Å². The Hall–Kier alpha value is -1.36. The molecule has 1 saturated heterocycles. The molecule has 5 nitrogen and oxygen atoms in total. The van der Waals surface area contributed by atoms with Crippen molar-refractivity contribution < 1.29 is 0 Å². The molecular formula is C14H25N5. The van der Waals surface area contributed by atoms with Gasteiger partial charge < -0.3 is 15.1 Å². The van der Waals surface area contributed by atoms with Crippen molar-refractivity contribution in [2.24, 2.45) is 0 Å². The molecule has 0 radical (unpaired) electrons. The van der Waals surface area contributed by atoms with Gasteiger partial charge >= 0.3 is 0 Å². The lowest BCUT2D eigenvalue weighted by molar-refractivity contribution is 0.312. The zero-order valence-corrected chi connectivity index (χ0v) is 12.5. The third-order valence-corrected chi connectivity index (χ3v) is 3.58. The summed E-state index contributed by atoms with van der Waals surface area (Å²) < 4.78 is 0. The van der Waals surface area contributed by atoms with Gasteiger partial charge in [-0.3, -0.25) is 0 Å². The Labute approximate surface area is 116 Å². The molecule has 1 aliphatic heterocycles. The van der Waals surface area contributed by atoms with E-state index in [2.05, 4.69) is 46.0 Å². The average molecular weight is 263 g/mol. The van der Waals surface area contributed by atoms with Gasteiger partial charge in [0.05, 0.1) is 0 Å². The average Bonchev–Trinajstić information content (AvgIpc) is 2.40. The molecule has 1 fully saturated rings. The first-order chi connectivity index (χ1) is 9.11. The van der Waals surface area contributed by atoms with Crippen molar-refractivity contribution >= 4 is 11.6 Å². The fourth-order valence-electron chi connectivity index (χ4n) is 2.36. The SMILES string of the molecule is CCCNc1nc(C)nc(N2CCN(C)CC2)c1C. The lowest BCUT2D eigenvalue weighted by Crippen LogP contribution is -2.45. The number of hydrogen-bond acceptors (Lipinski definition) is 5. The van der Waals surface area contributed by atoms with Crippen molar-refractivity contribution in [3.05, 3.63) is 11.4 Å². The van der Waals surface area contributed by atoms with Gasteiger partial charge in [-0.2, -0.15) is 0 Å². The Morgan fingerprint density at radius 1 is 1.11 bits per heavy atom. The Morgan fingerprint density at radius 3 is 2.42 bits per heavy atom. The number of nitrogens with one attached hydrogen (secondary N) is 1. The lowest BCUT2D eigenvalue weighted by Gasteiger charge is -2.34. The highest BCUT2D eigenvalue weighted by Gasteiger charge is 2.19. The van der Waals surface area contributed by atoms with Gasteiger partial charge in [0.2, 0.25) is 0 Å². The molecule has 2 heterocycles. The molecule has 106 valence electrons. The lowest BCUT2D eigenvalue weighted by atomic mass is 10.2. The third kappa shape index (κ3) is 3.35. The van der Waals surface area contributed by atoms with Crippen LogP contribution in [-0.4, -0.2) is 54.6 Å². The molecule has 0 atom stereocenters. The second kappa shape index (κ2) is 6.19. The van der Waals surface area contributed by atoms with Gasteiger partial charge in [-0.05, 0) is 27.3 Å². The minimum Gasteiger partial charge on any atom is -0.370 e. The summed E-state index contributed by atoms with van der Waals surface area (Å²) in [5, 5.41) is 3.40. The summed E-state index contributed by atoms with van der Waals surface area (Å²) in [5.41, 5.74) is 1.17. The summed E-state index contributed by atoms with van der Waals surface area (Å²) in [7, 11) is 2.17. The van der Waals surface area contributed by atoms with Gasteiger partial charge in [0.25, 0.3) is 0 Å². The van der Waals surface area contributed by atoms with Crippen LogP contribution in [0.2, 0.25) is 0 Å². The highest BCUT2D eigenvalue weighted by atomic mass is 15.3. The largest absolute Gasteiger partial charge is 0.370 e. The predicted octanol–water partition coefficient (Wildman–Crippen LogP) is 1.67. The highest BCUT2D eigenvalue weighted by molar-refractivity contribution is 5.58. The van der Waals surface area contributed by atoms with Crippen LogP contribution in [0.25, 0.3) is 0 Å². The second-order valence-electron chi connectivity index (χ2n) is 5.29. The first-order valence-corrected chi connectivity index (χ1v) is 7.14. The van der Waals surface area contributed by atoms with Gasteiger partial charge in [0.15, 0.2) is 0 Å². The molecule has 5 heteroatoms. The van der Waals surface area contributed by atoms with E-state index in [1.807, 2.05) is 6.92 Å². The highest BCUT2D eigenvalue weighted by Crippen LogP contribution is 2.24. The minimum absolute atomic E-state index is 0.845. The van der Waals surface area contributed by atoms with Gasteiger partial charge in [-0.1, -0.05) is 6.92 Å². The number of aromatic nitrogens is 2. The van der Waals surface area contributed by atoms with Crippen LogP contribution >= 0.6 is 0 Å². The Bertz CT molecular complexity index is 424. The van der Waals surface area contributed by atoms with Crippen molar-refractivity contribution in [3.8, 4) is 0 Å². The molecule has 0 aromatic carbocycles.